The van der Waals surface area contributed by atoms with Gasteiger partial charge in [0.25, 0.3) is 5.91 Å². The molecule has 0 spiro atoms. The third kappa shape index (κ3) is 3.56. The molecule has 1 saturated heterocycles. The number of benzene rings is 1. The SMILES string of the molecule is COc1ccc(-n2c(C)cc(C(=O)N3CCCN(C)CC3)c2C)cc1. The zero-order chi connectivity index (χ0) is 18.0. The van der Waals surface area contributed by atoms with E-state index in [1.807, 2.05) is 49.1 Å². The molecule has 0 saturated carbocycles. The molecule has 1 fully saturated rings. The Morgan fingerprint density at radius 2 is 1.76 bits per heavy atom. The molecule has 0 unspecified atom stereocenters. The zero-order valence-electron chi connectivity index (χ0n) is 15.6. The van der Waals surface area contributed by atoms with E-state index in [-0.39, 0.29) is 5.91 Å². The van der Waals surface area contributed by atoms with Crippen LogP contribution in [0.25, 0.3) is 5.69 Å². The quantitative estimate of drug-likeness (QED) is 0.861. The van der Waals surface area contributed by atoms with E-state index in [4.69, 9.17) is 4.74 Å². The van der Waals surface area contributed by atoms with Gasteiger partial charge in [0.05, 0.1) is 12.7 Å². The van der Waals surface area contributed by atoms with Gasteiger partial charge in [-0.2, -0.15) is 0 Å². The summed E-state index contributed by atoms with van der Waals surface area (Å²) >= 11 is 0. The maximum Gasteiger partial charge on any atom is 0.255 e. The van der Waals surface area contributed by atoms with Crippen molar-refractivity contribution in [1.82, 2.24) is 14.4 Å². The predicted octanol–water partition coefficient (Wildman–Crippen LogP) is 2.88. The minimum absolute atomic E-state index is 0.142. The molecule has 0 aliphatic carbocycles. The summed E-state index contributed by atoms with van der Waals surface area (Å²) in [4.78, 5) is 17.3. The van der Waals surface area contributed by atoms with Crippen molar-refractivity contribution < 1.29 is 9.53 Å². The number of hydrogen-bond acceptors (Lipinski definition) is 3. The monoisotopic (exact) mass is 341 g/mol. The molecule has 5 heteroatoms. The van der Waals surface area contributed by atoms with Crippen LogP contribution >= 0.6 is 0 Å². The molecule has 0 bridgehead atoms. The van der Waals surface area contributed by atoms with E-state index in [1.165, 1.54) is 0 Å². The average Bonchev–Trinajstić information content (AvgIpc) is 2.77. The number of methoxy groups -OCH3 is 1. The van der Waals surface area contributed by atoms with Crippen molar-refractivity contribution >= 4 is 5.91 Å². The molecule has 0 N–H and O–H groups in total. The Balaban J connectivity index is 1.89. The van der Waals surface area contributed by atoms with Gasteiger partial charge in [-0.1, -0.05) is 0 Å². The van der Waals surface area contributed by atoms with Gasteiger partial charge >= 0.3 is 0 Å². The Bertz CT molecular complexity index is 749. The average molecular weight is 341 g/mol. The lowest BCUT2D eigenvalue weighted by molar-refractivity contribution is 0.0762. The number of aryl methyl sites for hydroxylation is 1. The smallest absolute Gasteiger partial charge is 0.255 e. The van der Waals surface area contributed by atoms with Crippen molar-refractivity contribution in [3.05, 3.63) is 47.3 Å². The summed E-state index contributed by atoms with van der Waals surface area (Å²) in [5, 5.41) is 0. The molecule has 2 heterocycles. The molecular weight excluding hydrogens is 314 g/mol. The molecular formula is C20H27N3O2. The van der Waals surface area contributed by atoms with Crippen LogP contribution in [-0.2, 0) is 0 Å². The highest BCUT2D eigenvalue weighted by Crippen LogP contribution is 2.24. The van der Waals surface area contributed by atoms with E-state index in [0.717, 1.165) is 61.0 Å². The van der Waals surface area contributed by atoms with Crippen LogP contribution in [0.1, 0.15) is 28.2 Å². The second kappa shape index (κ2) is 7.31. The van der Waals surface area contributed by atoms with Gasteiger partial charge in [0.15, 0.2) is 0 Å². The Labute approximate surface area is 149 Å². The van der Waals surface area contributed by atoms with Crippen molar-refractivity contribution in [2.45, 2.75) is 20.3 Å². The van der Waals surface area contributed by atoms with Gasteiger partial charge in [0.1, 0.15) is 5.75 Å². The largest absolute Gasteiger partial charge is 0.497 e. The first-order valence-electron chi connectivity index (χ1n) is 8.82. The fourth-order valence-corrected chi connectivity index (χ4v) is 3.53. The van der Waals surface area contributed by atoms with Crippen LogP contribution < -0.4 is 4.74 Å². The molecule has 1 aliphatic rings. The minimum Gasteiger partial charge on any atom is -0.497 e. The number of ether oxygens (including phenoxy) is 1. The number of nitrogens with zero attached hydrogens (tertiary/aromatic N) is 3. The first-order chi connectivity index (χ1) is 12.0. The molecule has 1 aromatic carbocycles. The lowest BCUT2D eigenvalue weighted by Crippen LogP contribution is -2.34. The standard InChI is InChI=1S/C20H27N3O2/c1-15-14-19(20(24)22-11-5-10-21(3)12-13-22)16(2)23(15)17-6-8-18(25-4)9-7-17/h6-9,14H,5,10-13H2,1-4H3. The predicted molar refractivity (Wildman–Crippen MR) is 99.8 cm³/mol. The number of rotatable bonds is 3. The fraction of sp³-hybridized carbons (Fsp3) is 0.450. The maximum absolute atomic E-state index is 13.1. The number of amides is 1. The van der Waals surface area contributed by atoms with Crippen molar-refractivity contribution in [3.63, 3.8) is 0 Å². The van der Waals surface area contributed by atoms with Gasteiger partial charge in [-0.3, -0.25) is 4.79 Å². The van der Waals surface area contributed by atoms with Crippen LogP contribution in [0.5, 0.6) is 5.75 Å². The molecule has 3 rings (SSSR count). The summed E-state index contributed by atoms with van der Waals surface area (Å²) in [5.74, 6) is 0.972. The van der Waals surface area contributed by atoms with Crippen LogP contribution in [0.4, 0.5) is 0 Å². The van der Waals surface area contributed by atoms with E-state index in [1.54, 1.807) is 7.11 Å². The highest BCUT2D eigenvalue weighted by Gasteiger charge is 2.23. The molecule has 134 valence electrons. The molecule has 1 aromatic heterocycles. The Morgan fingerprint density at radius 3 is 2.44 bits per heavy atom. The molecule has 0 radical (unpaired) electrons. The maximum atomic E-state index is 13.1. The lowest BCUT2D eigenvalue weighted by Gasteiger charge is -2.20. The van der Waals surface area contributed by atoms with E-state index in [0.29, 0.717) is 0 Å². The third-order valence-corrected chi connectivity index (χ3v) is 5.00. The van der Waals surface area contributed by atoms with Gasteiger partial charge in [-0.25, -0.2) is 0 Å². The van der Waals surface area contributed by atoms with E-state index < -0.39 is 0 Å². The van der Waals surface area contributed by atoms with Crippen molar-refractivity contribution in [2.24, 2.45) is 0 Å². The fourth-order valence-electron chi connectivity index (χ4n) is 3.53. The number of hydrogen-bond donors (Lipinski definition) is 0. The Hall–Kier alpha value is -2.27. The summed E-state index contributed by atoms with van der Waals surface area (Å²) in [6, 6.07) is 9.94. The normalized spacial score (nSPS) is 15.9. The molecule has 25 heavy (non-hydrogen) atoms. The lowest BCUT2D eigenvalue weighted by atomic mass is 10.2. The number of aromatic nitrogens is 1. The highest BCUT2D eigenvalue weighted by atomic mass is 16.5. The molecule has 1 amide bonds. The van der Waals surface area contributed by atoms with Crippen molar-refractivity contribution in [1.29, 1.82) is 0 Å². The van der Waals surface area contributed by atoms with Gasteiger partial charge in [0, 0.05) is 36.7 Å². The van der Waals surface area contributed by atoms with Gasteiger partial charge < -0.3 is 19.1 Å². The van der Waals surface area contributed by atoms with Crippen LogP contribution in [0, 0.1) is 13.8 Å². The Kier molecular flexibility index (Phi) is 5.13. The first kappa shape index (κ1) is 17.5. The first-order valence-corrected chi connectivity index (χ1v) is 8.82. The highest BCUT2D eigenvalue weighted by molar-refractivity contribution is 5.96. The van der Waals surface area contributed by atoms with Gasteiger partial charge in [-0.05, 0) is 64.2 Å². The molecule has 1 aliphatic heterocycles. The number of carbonyl (C=O) groups is 1. The number of carbonyl (C=O) groups excluding carboxylic acids is 1. The van der Waals surface area contributed by atoms with E-state index >= 15 is 0 Å². The van der Waals surface area contributed by atoms with E-state index in [9.17, 15) is 4.79 Å². The van der Waals surface area contributed by atoms with Crippen LogP contribution in [-0.4, -0.2) is 60.6 Å². The third-order valence-electron chi connectivity index (χ3n) is 5.00. The second-order valence-corrected chi connectivity index (χ2v) is 6.77. The molecule has 5 nitrogen and oxygen atoms in total. The minimum atomic E-state index is 0.142. The van der Waals surface area contributed by atoms with E-state index in [2.05, 4.69) is 16.5 Å². The molecule has 2 aromatic rings. The summed E-state index contributed by atoms with van der Waals surface area (Å²) in [6.07, 6.45) is 1.03. The summed E-state index contributed by atoms with van der Waals surface area (Å²) < 4.78 is 7.37. The Morgan fingerprint density at radius 1 is 1.04 bits per heavy atom. The van der Waals surface area contributed by atoms with Crippen molar-refractivity contribution in [2.75, 3.05) is 40.3 Å². The topological polar surface area (TPSA) is 37.7 Å². The zero-order valence-corrected chi connectivity index (χ0v) is 15.6. The summed E-state index contributed by atoms with van der Waals surface area (Å²) in [6.45, 7) is 7.67. The summed E-state index contributed by atoms with van der Waals surface area (Å²) in [7, 11) is 3.78. The van der Waals surface area contributed by atoms with Gasteiger partial charge in [-0.15, -0.1) is 0 Å². The van der Waals surface area contributed by atoms with Gasteiger partial charge in [0.2, 0.25) is 0 Å². The van der Waals surface area contributed by atoms with Crippen LogP contribution in [0.15, 0.2) is 30.3 Å². The van der Waals surface area contributed by atoms with Crippen LogP contribution in [0.2, 0.25) is 0 Å². The van der Waals surface area contributed by atoms with Crippen molar-refractivity contribution in [3.8, 4) is 11.4 Å². The second-order valence-electron chi connectivity index (χ2n) is 6.77. The molecule has 0 atom stereocenters. The number of likely N-dealkylation sites (N-methyl/N-ethyl adjacent to an activating group) is 1. The summed E-state index contributed by atoms with van der Waals surface area (Å²) in [5.41, 5.74) is 3.91. The van der Waals surface area contributed by atoms with Crippen LogP contribution in [0.3, 0.4) is 0 Å².